The van der Waals surface area contributed by atoms with E-state index in [1.807, 2.05) is 24.3 Å². The van der Waals surface area contributed by atoms with Gasteiger partial charge in [0.25, 0.3) is 0 Å². The average Bonchev–Trinajstić information content (AvgIpc) is 2.77. The summed E-state index contributed by atoms with van der Waals surface area (Å²) >= 11 is 1.28. The van der Waals surface area contributed by atoms with Crippen molar-refractivity contribution in [3.63, 3.8) is 0 Å². The van der Waals surface area contributed by atoms with Crippen LogP contribution in [0.1, 0.15) is 39.0 Å². The van der Waals surface area contributed by atoms with Crippen LogP contribution in [-0.4, -0.2) is 25.4 Å². The Bertz CT molecular complexity index is 929. The van der Waals surface area contributed by atoms with Crippen molar-refractivity contribution >= 4 is 17.7 Å². The lowest BCUT2D eigenvalue weighted by molar-refractivity contribution is -0.143. The van der Waals surface area contributed by atoms with Gasteiger partial charge in [0.2, 0.25) is 0 Å². The zero-order chi connectivity index (χ0) is 23.0. The summed E-state index contributed by atoms with van der Waals surface area (Å²) in [5.41, 5.74) is 0.533. The summed E-state index contributed by atoms with van der Waals surface area (Å²) < 4.78 is 51.7. The van der Waals surface area contributed by atoms with Gasteiger partial charge in [-0.2, -0.15) is 13.2 Å². The summed E-state index contributed by atoms with van der Waals surface area (Å²) in [5.74, 6) is -0.525. The Kier molecular flexibility index (Phi) is 8.67. The second kappa shape index (κ2) is 11.5. The molecular formula is C25H27F3O3S. The molecule has 172 valence electrons. The van der Waals surface area contributed by atoms with E-state index in [9.17, 15) is 18.0 Å². The van der Waals surface area contributed by atoms with Gasteiger partial charge in [-0.15, -0.1) is 0 Å². The molecule has 0 fully saturated rings. The smallest absolute Gasteiger partial charge is 0.413 e. The first kappa shape index (κ1) is 24.2. The SMILES string of the molecule is CCOC(=O)CCC1CC=C(Sc2cccc(OCC3=CCCC=C3)c2)C=C1C(F)(F)F. The molecule has 0 radical (unpaired) electrons. The Morgan fingerprint density at radius 3 is 2.78 bits per heavy atom. The third-order valence-corrected chi connectivity index (χ3v) is 6.20. The first-order valence-electron chi connectivity index (χ1n) is 10.8. The number of carbonyl (C=O) groups is 1. The Morgan fingerprint density at radius 1 is 1.22 bits per heavy atom. The molecule has 7 heteroatoms. The van der Waals surface area contributed by atoms with Crippen LogP contribution >= 0.6 is 11.8 Å². The topological polar surface area (TPSA) is 35.5 Å². The maximum atomic E-state index is 13.7. The molecule has 0 bridgehead atoms. The maximum Gasteiger partial charge on any atom is 0.413 e. The van der Waals surface area contributed by atoms with Crippen LogP contribution < -0.4 is 4.74 Å². The van der Waals surface area contributed by atoms with E-state index >= 15 is 0 Å². The summed E-state index contributed by atoms with van der Waals surface area (Å²) in [7, 11) is 0. The summed E-state index contributed by atoms with van der Waals surface area (Å²) in [6.07, 6.45) is 7.27. The summed E-state index contributed by atoms with van der Waals surface area (Å²) in [5, 5.41) is 0. The lowest BCUT2D eigenvalue weighted by Crippen LogP contribution is -2.23. The second-order valence-electron chi connectivity index (χ2n) is 7.60. The third-order valence-electron chi connectivity index (χ3n) is 5.19. The van der Waals surface area contributed by atoms with Crippen molar-refractivity contribution in [3.05, 3.63) is 70.7 Å². The van der Waals surface area contributed by atoms with E-state index in [4.69, 9.17) is 9.47 Å². The molecule has 3 rings (SSSR count). The predicted octanol–water partition coefficient (Wildman–Crippen LogP) is 7.17. The van der Waals surface area contributed by atoms with Gasteiger partial charge in [-0.05, 0) is 68.4 Å². The molecule has 1 aromatic carbocycles. The Hall–Kier alpha value is -2.41. The van der Waals surface area contributed by atoms with E-state index < -0.39 is 23.6 Å². The minimum Gasteiger partial charge on any atom is -0.489 e. The van der Waals surface area contributed by atoms with Crippen LogP contribution in [0.15, 0.2) is 75.6 Å². The van der Waals surface area contributed by atoms with E-state index in [0.29, 0.717) is 17.3 Å². The molecule has 0 amide bonds. The van der Waals surface area contributed by atoms with Crippen LogP contribution in [0, 0.1) is 5.92 Å². The Labute approximate surface area is 191 Å². The van der Waals surface area contributed by atoms with Crippen molar-refractivity contribution < 1.29 is 27.4 Å². The van der Waals surface area contributed by atoms with Gasteiger partial charge in [0, 0.05) is 21.8 Å². The molecule has 1 unspecified atom stereocenters. The van der Waals surface area contributed by atoms with Crippen molar-refractivity contribution in [1.82, 2.24) is 0 Å². The number of halogens is 3. The monoisotopic (exact) mass is 464 g/mol. The molecule has 0 saturated carbocycles. The first-order valence-corrected chi connectivity index (χ1v) is 11.6. The second-order valence-corrected chi connectivity index (χ2v) is 8.75. The molecule has 0 spiro atoms. The van der Waals surface area contributed by atoms with Crippen LogP contribution in [-0.2, 0) is 9.53 Å². The van der Waals surface area contributed by atoms with Gasteiger partial charge < -0.3 is 9.47 Å². The number of esters is 1. The standard InChI is InChI=1S/C25H27F3O3S/c1-2-30-24(29)14-12-19-11-13-22(16-23(19)25(26,27)28)32-21-10-6-9-20(15-21)31-17-18-7-4-3-5-8-18/h4,6-10,13,15-16,19H,2-3,5,11-12,14,17H2,1H3. The zero-order valence-electron chi connectivity index (χ0n) is 18.0. The van der Waals surface area contributed by atoms with Crippen molar-refractivity contribution in [2.24, 2.45) is 5.92 Å². The van der Waals surface area contributed by atoms with Crippen LogP contribution in [0.4, 0.5) is 13.2 Å². The Morgan fingerprint density at radius 2 is 2.06 bits per heavy atom. The number of rotatable bonds is 9. The fourth-order valence-corrected chi connectivity index (χ4v) is 4.56. The summed E-state index contributed by atoms with van der Waals surface area (Å²) in [6, 6.07) is 7.37. The van der Waals surface area contributed by atoms with Gasteiger partial charge in [0.05, 0.1) is 6.61 Å². The van der Waals surface area contributed by atoms with Crippen molar-refractivity contribution in [3.8, 4) is 5.75 Å². The van der Waals surface area contributed by atoms with Gasteiger partial charge in [-0.3, -0.25) is 4.79 Å². The molecule has 0 saturated heterocycles. The average molecular weight is 465 g/mol. The van der Waals surface area contributed by atoms with Crippen molar-refractivity contribution in [2.45, 2.75) is 50.1 Å². The first-order chi connectivity index (χ1) is 15.3. The highest BCUT2D eigenvalue weighted by atomic mass is 32.2. The van der Waals surface area contributed by atoms with Gasteiger partial charge in [0.1, 0.15) is 12.4 Å². The molecule has 0 N–H and O–H groups in total. The normalized spacial score (nSPS) is 18.5. The quantitative estimate of drug-likeness (QED) is 0.363. The maximum absolute atomic E-state index is 13.7. The number of ether oxygens (including phenoxy) is 2. The molecule has 0 heterocycles. The number of thioether (sulfide) groups is 1. The number of benzene rings is 1. The molecule has 2 aliphatic carbocycles. The lowest BCUT2D eigenvalue weighted by atomic mass is 9.87. The molecule has 0 aliphatic heterocycles. The van der Waals surface area contributed by atoms with Gasteiger partial charge >= 0.3 is 12.1 Å². The summed E-state index contributed by atoms with van der Waals surface area (Å²) in [4.78, 5) is 12.9. The molecule has 2 aliphatic rings. The highest BCUT2D eigenvalue weighted by Gasteiger charge is 2.39. The molecule has 1 atom stereocenters. The van der Waals surface area contributed by atoms with E-state index in [-0.39, 0.29) is 25.9 Å². The van der Waals surface area contributed by atoms with Crippen LogP contribution in [0.3, 0.4) is 0 Å². The van der Waals surface area contributed by atoms with Crippen molar-refractivity contribution in [1.29, 1.82) is 0 Å². The van der Waals surface area contributed by atoms with Gasteiger partial charge in [-0.25, -0.2) is 0 Å². The minimum atomic E-state index is -4.44. The predicted molar refractivity (Wildman–Crippen MR) is 120 cm³/mol. The fourth-order valence-electron chi connectivity index (χ4n) is 3.60. The Balaban J connectivity index is 1.64. The third kappa shape index (κ3) is 7.33. The number of hydrogen-bond donors (Lipinski definition) is 0. The van der Waals surface area contributed by atoms with Gasteiger partial charge in [-0.1, -0.05) is 42.1 Å². The van der Waals surface area contributed by atoms with E-state index in [0.717, 1.165) is 23.3 Å². The minimum absolute atomic E-state index is 0.0206. The highest BCUT2D eigenvalue weighted by Crippen LogP contribution is 2.43. The lowest BCUT2D eigenvalue weighted by Gasteiger charge is -2.25. The number of alkyl halides is 3. The molecule has 1 aromatic rings. The fraction of sp³-hybridized carbons (Fsp3) is 0.400. The summed E-state index contributed by atoms with van der Waals surface area (Å²) in [6.45, 7) is 2.37. The van der Waals surface area contributed by atoms with Crippen LogP contribution in [0.25, 0.3) is 0 Å². The number of allylic oxidation sites excluding steroid dienone is 5. The number of hydrogen-bond acceptors (Lipinski definition) is 4. The van der Waals surface area contributed by atoms with Crippen LogP contribution in [0.2, 0.25) is 0 Å². The van der Waals surface area contributed by atoms with Gasteiger partial charge in [0.15, 0.2) is 0 Å². The zero-order valence-corrected chi connectivity index (χ0v) is 18.8. The van der Waals surface area contributed by atoms with Crippen molar-refractivity contribution in [2.75, 3.05) is 13.2 Å². The number of carbonyl (C=O) groups excluding carboxylic acids is 1. The molecule has 0 aromatic heterocycles. The van der Waals surface area contributed by atoms with E-state index in [2.05, 4.69) is 18.2 Å². The largest absolute Gasteiger partial charge is 0.489 e. The van der Waals surface area contributed by atoms with Crippen LogP contribution in [0.5, 0.6) is 5.75 Å². The van der Waals surface area contributed by atoms with E-state index in [1.54, 1.807) is 13.0 Å². The molecular weight excluding hydrogens is 437 g/mol. The van der Waals surface area contributed by atoms with E-state index in [1.165, 1.54) is 17.8 Å². The highest BCUT2D eigenvalue weighted by molar-refractivity contribution is 8.03. The molecule has 3 nitrogen and oxygen atoms in total. The molecule has 32 heavy (non-hydrogen) atoms.